The van der Waals surface area contributed by atoms with Crippen molar-refractivity contribution in [2.75, 3.05) is 0 Å². The van der Waals surface area contributed by atoms with Gasteiger partial charge in [-0.15, -0.1) is 22.7 Å². The van der Waals surface area contributed by atoms with Gasteiger partial charge in [-0.3, -0.25) is 0 Å². The highest BCUT2D eigenvalue weighted by Gasteiger charge is 2.18. The summed E-state index contributed by atoms with van der Waals surface area (Å²) in [5.41, 5.74) is 7.57. The van der Waals surface area contributed by atoms with Crippen molar-refractivity contribution in [3.05, 3.63) is 194 Å². The van der Waals surface area contributed by atoms with Crippen molar-refractivity contribution in [1.82, 2.24) is 0 Å². The first-order chi connectivity index (χ1) is 28.7. The summed E-state index contributed by atoms with van der Waals surface area (Å²) >= 11 is 3.78. The largest absolute Gasteiger partial charge is 0.135 e. The Balaban J connectivity index is 1.01. The lowest BCUT2D eigenvalue weighted by Crippen LogP contribution is -1.90. The van der Waals surface area contributed by atoms with E-state index in [1.54, 1.807) is 0 Å². The van der Waals surface area contributed by atoms with Gasteiger partial charge in [-0.05, 0) is 136 Å². The Bertz CT molecular complexity index is 3790. The molecule has 0 saturated carbocycles. The summed E-state index contributed by atoms with van der Waals surface area (Å²) in [5, 5.41) is 18.3. The third-order valence-electron chi connectivity index (χ3n) is 12.4. The van der Waals surface area contributed by atoms with E-state index in [1.165, 1.54) is 128 Å². The van der Waals surface area contributed by atoms with Crippen LogP contribution in [0, 0.1) is 0 Å². The van der Waals surface area contributed by atoms with Crippen LogP contribution in [0.25, 0.3) is 128 Å². The molecule has 0 aliphatic rings. The van der Waals surface area contributed by atoms with Crippen molar-refractivity contribution in [1.29, 1.82) is 0 Å². The second kappa shape index (κ2) is 12.3. The smallest absolute Gasteiger partial charge is 0.0362 e. The lowest BCUT2D eigenvalue weighted by atomic mass is 9.86. The molecule has 0 aliphatic carbocycles. The molecule has 2 aromatic heterocycles. The fraction of sp³-hybridized carbons (Fsp3) is 0. The molecule has 0 aliphatic heterocycles. The molecule has 13 aromatic rings. The molecule has 0 saturated heterocycles. The van der Waals surface area contributed by atoms with Crippen molar-refractivity contribution in [2.24, 2.45) is 0 Å². The Morgan fingerprint density at radius 2 is 0.586 bits per heavy atom. The van der Waals surface area contributed by atoms with Crippen LogP contribution in [0.2, 0.25) is 0 Å². The van der Waals surface area contributed by atoms with E-state index in [0.717, 1.165) is 0 Å². The van der Waals surface area contributed by atoms with E-state index in [1.807, 2.05) is 22.7 Å². The Morgan fingerprint density at radius 1 is 0.190 bits per heavy atom. The summed E-state index contributed by atoms with van der Waals surface area (Å²) in [6.07, 6.45) is 0. The molecule has 0 radical (unpaired) electrons. The molecule has 58 heavy (non-hydrogen) atoms. The summed E-state index contributed by atoms with van der Waals surface area (Å²) in [4.78, 5) is 0. The van der Waals surface area contributed by atoms with Crippen LogP contribution in [0.5, 0.6) is 0 Å². The molecule has 0 atom stereocenters. The van der Waals surface area contributed by atoms with Crippen LogP contribution in [-0.2, 0) is 0 Å². The van der Waals surface area contributed by atoms with Gasteiger partial charge in [0.25, 0.3) is 0 Å². The first kappa shape index (κ1) is 32.3. The van der Waals surface area contributed by atoms with E-state index >= 15 is 0 Å². The van der Waals surface area contributed by atoms with Gasteiger partial charge in [-0.2, -0.15) is 0 Å². The van der Waals surface area contributed by atoms with Gasteiger partial charge in [-0.25, -0.2) is 0 Å². The number of hydrogen-bond donors (Lipinski definition) is 0. The normalized spacial score (nSPS) is 12.1. The lowest BCUT2D eigenvalue weighted by molar-refractivity contribution is 1.66. The van der Waals surface area contributed by atoms with E-state index in [9.17, 15) is 0 Å². The fourth-order valence-corrected chi connectivity index (χ4v) is 12.0. The second-order valence-electron chi connectivity index (χ2n) is 15.5. The number of rotatable bonds is 3. The third kappa shape index (κ3) is 4.68. The van der Waals surface area contributed by atoms with Gasteiger partial charge in [0.05, 0.1) is 0 Å². The fourth-order valence-electron chi connectivity index (χ4n) is 9.82. The van der Waals surface area contributed by atoms with E-state index in [2.05, 4.69) is 194 Å². The van der Waals surface area contributed by atoms with Crippen LogP contribution < -0.4 is 0 Å². The molecule has 0 spiro atoms. The second-order valence-corrected chi connectivity index (χ2v) is 17.7. The van der Waals surface area contributed by atoms with E-state index < -0.39 is 0 Å². The topological polar surface area (TPSA) is 0 Å². The van der Waals surface area contributed by atoms with Gasteiger partial charge in [0, 0.05) is 40.3 Å². The van der Waals surface area contributed by atoms with Gasteiger partial charge >= 0.3 is 0 Å². The highest BCUT2D eigenvalue weighted by atomic mass is 32.1. The predicted molar refractivity (Wildman–Crippen MR) is 256 cm³/mol. The number of benzene rings is 11. The number of hydrogen-bond acceptors (Lipinski definition) is 2. The quantitative estimate of drug-likeness (QED) is 0.124. The standard InChI is InChI=1S/C56H32S2/c1-2-12-33(13-3-1)55-41-17-6-8-19-43(41)56(44-20-9-7-18-42(44)55)36-24-27-53-49(30-36)48-29-35(23-26-52(48)57-53)34-22-25-39-45(28-34)37-14-4-5-15-38(37)47-32-54-50(31-46(39)47)40-16-10-11-21-51(40)58-54/h1-32H. The maximum absolute atomic E-state index is 2.45. The van der Waals surface area contributed by atoms with Crippen molar-refractivity contribution < 1.29 is 0 Å². The monoisotopic (exact) mass is 768 g/mol. The lowest BCUT2D eigenvalue weighted by Gasteiger charge is -2.17. The van der Waals surface area contributed by atoms with Gasteiger partial charge in [0.1, 0.15) is 0 Å². The highest BCUT2D eigenvalue weighted by molar-refractivity contribution is 7.26. The van der Waals surface area contributed by atoms with Crippen LogP contribution >= 0.6 is 22.7 Å². The van der Waals surface area contributed by atoms with Crippen molar-refractivity contribution in [2.45, 2.75) is 0 Å². The molecule has 13 rings (SSSR count). The molecular weight excluding hydrogens is 737 g/mol. The first-order valence-corrected chi connectivity index (χ1v) is 21.5. The minimum absolute atomic E-state index is 1.24. The molecule has 0 N–H and O–H groups in total. The van der Waals surface area contributed by atoms with Crippen LogP contribution in [0.4, 0.5) is 0 Å². The van der Waals surface area contributed by atoms with Crippen LogP contribution in [0.1, 0.15) is 0 Å². The summed E-state index contributed by atoms with van der Waals surface area (Å²) in [7, 11) is 0. The van der Waals surface area contributed by atoms with Gasteiger partial charge in [-0.1, -0.05) is 146 Å². The third-order valence-corrected chi connectivity index (χ3v) is 14.7. The maximum atomic E-state index is 2.45. The zero-order valence-electron chi connectivity index (χ0n) is 31.3. The SMILES string of the molecule is c1ccc(-c2c3ccccc3c(-c3ccc4sc5ccc(-c6ccc7c(c6)c6ccccc6c6cc8sc9ccccc9c8cc76)cc5c4c3)c3ccccc23)cc1. The van der Waals surface area contributed by atoms with E-state index in [4.69, 9.17) is 0 Å². The number of fused-ring (bicyclic) bond motifs is 14. The van der Waals surface area contributed by atoms with Gasteiger partial charge < -0.3 is 0 Å². The Hall–Kier alpha value is -6.84. The van der Waals surface area contributed by atoms with E-state index in [-0.39, 0.29) is 0 Å². The molecule has 0 nitrogen and oxygen atoms in total. The minimum atomic E-state index is 1.24. The van der Waals surface area contributed by atoms with Crippen LogP contribution in [0.15, 0.2) is 194 Å². The summed E-state index contributed by atoms with van der Waals surface area (Å²) in [6.45, 7) is 0. The van der Waals surface area contributed by atoms with E-state index in [0.29, 0.717) is 0 Å². The van der Waals surface area contributed by atoms with Gasteiger partial charge in [0.2, 0.25) is 0 Å². The Kier molecular flexibility index (Phi) is 6.86. The maximum Gasteiger partial charge on any atom is 0.0362 e. The Morgan fingerprint density at radius 3 is 1.24 bits per heavy atom. The molecular formula is C56H32S2. The van der Waals surface area contributed by atoms with Crippen molar-refractivity contribution in [3.63, 3.8) is 0 Å². The molecule has 0 unspecified atom stereocenters. The van der Waals surface area contributed by atoms with Crippen LogP contribution in [0.3, 0.4) is 0 Å². The summed E-state index contributed by atoms with van der Waals surface area (Å²) in [6, 6.07) is 72.7. The first-order valence-electron chi connectivity index (χ1n) is 19.9. The average Bonchev–Trinajstić information content (AvgIpc) is 3.85. The molecule has 0 amide bonds. The average molecular weight is 769 g/mol. The molecule has 2 heteroatoms. The molecule has 268 valence electrons. The van der Waals surface area contributed by atoms with Crippen molar-refractivity contribution in [3.8, 4) is 33.4 Å². The van der Waals surface area contributed by atoms with Crippen molar-refractivity contribution >= 4 is 117 Å². The molecule has 2 heterocycles. The minimum Gasteiger partial charge on any atom is -0.135 e. The Labute approximate surface area is 342 Å². The molecule has 11 aromatic carbocycles. The summed E-state index contributed by atoms with van der Waals surface area (Å²) in [5.74, 6) is 0. The molecule has 0 fully saturated rings. The zero-order chi connectivity index (χ0) is 37.9. The molecule has 0 bridgehead atoms. The highest BCUT2D eigenvalue weighted by Crippen LogP contribution is 2.47. The van der Waals surface area contributed by atoms with Crippen LogP contribution in [-0.4, -0.2) is 0 Å². The zero-order valence-corrected chi connectivity index (χ0v) is 32.9. The predicted octanol–water partition coefficient (Wildman–Crippen LogP) is 17.2. The van der Waals surface area contributed by atoms with Gasteiger partial charge in [0.15, 0.2) is 0 Å². The summed E-state index contributed by atoms with van der Waals surface area (Å²) < 4.78 is 5.32. The number of thiophene rings is 2.